The van der Waals surface area contributed by atoms with Gasteiger partial charge in [-0.15, -0.1) is 0 Å². The third-order valence-corrected chi connectivity index (χ3v) is 5.57. The predicted molar refractivity (Wildman–Crippen MR) is 96.0 cm³/mol. The average Bonchev–Trinajstić information content (AvgIpc) is 3.09. The van der Waals surface area contributed by atoms with Gasteiger partial charge in [-0.3, -0.25) is 9.59 Å². The Kier molecular flexibility index (Phi) is 5.22. The summed E-state index contributed by atoms with van der Waals surface area (Å²) in [6, 6.07) is 7.93. The van der Waals surface area contributed by atoms with Crippen LogP contribution in [-0.2, 0) is 4.79 Å². The molecule has 2 aliphatic rings. The normalized spacial score (nSPS) is 24.8. The van der Waals surface area contributed by atoms with E-state index < -0.39 is 0 Å². The van der Waals surface area contributed by atoms with Crippen molar-refractivity contribution in [1.29, 1.82) is 0 Å². The zero-order valence-corrected chi connectivity index (χ0v) is 14.8. The SMILES string of the molecule is CC1CCCC(C)N1C(=O)c1ccccc1NC(=O)C1CCCC1. The van der Waals surface area contributed by atoms with Crippen molar-refractivity contribution >= 4 is 17.5 Å². The van der Waals surface area contributed by atoms with Crippen molar-refractivity contribution in [2.24, 2.45) is 5.92 Å². The highest BCUT2D eigenvalue weighted by molar-refractivity contribution is 6.04. The largest absolute Gasteiger partial charge is 0.333 e. The van der Waals surface area contributed by atoms with Crippen LogP contribution in [0.1, 0.15) is 69.2 Å². The van der Waals surface area contributed by atoms with Gasteiger partial charge >= 0.3 is 0 Å². The molecule has 0 radical (unpaired) electrons. The molecule has 1 aromatic carbocycles. The van der Waals surface area contributed by atoms with Crippen LogP contribution in [0.3, 0.4) is 0 Å². The Labute approximate surface area is 144 Å². The molecule has 2 unspecified atom stereocenters. The van der Waals surface area contributed by atoms with Gasteiger partial charge in [0.2, 0.25) is 5.91 Å². The number of carbonyl (C=O) groups excluding carboxylic acids is 2. The molecule has 1 aliphatic carbocycles. The smallest absolute Gasteiger partial charge is 0.256 e. The number of nitrogens with zero attached hydrogens (tertiary/aromatic N) is 1. The Morgan fingerprint density at radius 3 is 2.25 bits per heavy atom. The Hall–Kier alpha value is -1.84. The number of carbonyl (C=O) groups is 2. The predicted octanol–water partition coefficient (Wildman–Crippen LogP) is 4.22. The number of anilines is 1. The molecule has 1 heterocycles. The first-order valence-corrected chi connectivity index (χ1v) is 9.30. The third-order valence-electron chi connectivity index (χ3n) is 5.57. The molecular weight excluding hydrogens is 300 g/mol. The molecule has 1 N–H and O–H groups in total. The number of likely N-dealkylation sites (tertiary alicyclic amines) is 1. The first-order valence-electron chi connectivity index (χ1n) is 9.30. The molecule has 1 saturated heterocycles. The summed E-state index contributed by atoms with van der Waals surface area (Å²) in [5.74, 6) is 0.200. The zero-order valence-electron chi connectivity index (χ0n) is 14.8. The summed E-state index contributed by atoms with van der Waals surface area (Å²) in [4.78, 5) is 27.6. The second kappa shape index (κ2) is 7.37. The molecule has 1 saturated carbocycles. The van der Waals surface area contributed by atoms with Gasteiger partial charge in [-0.2, -0.15) is 0 Å². The molecule has 0 aromatic heterocycles. The quantitative estimate of drug-likeness (QED) is 0.903. The Morgan fingerprint density at radius 1 is 0.958 bits per heavy atom. The van der Waals surface area contributed by atoms with Crippen LogP contribution >= 0.6 is 0 Å². The number of rotatable bonds is 3. The van der Waals surface area contributed by atoms with Crippen LogP contribution < -0.4 is 5.32 Å². The number of para-hydroxylation sites is 1. The number of benzene rings is 1. The van der Waals surface area contributed by atoms with E-state index in [0.717, 1.165) is 38.5 Å². The van der Waals surface area contributed by atoms with Gasteiger partial charge in [0.15, 0.2) is 0 Å². The fraction of sp³-hybridized carbons (Fsp3) is 0.600. The fourth-order valence-electron chi connectivity index (χ4n) is 4.16. The Balaban J connectivity index is 1.80. The van der Waals surface area contributed by atoms with E-state index in [4.69, 9.17) is 0 Å². The van der Waals surface area contributed by atoms with Crippen LogP contribution in [0.2, 0.25) is 0 Å². The van der Waals surface area contributed by atoms with Crippen molar-refractivity contribution in [2.45, 2.75) is 70.9 Å². The van der Waals surface area contributed by atoms with E-state index in [1.807, 2.05) is 29.2 Å². The monoisotopic (exact) mass is 328 g/mol. The van der Waals surface area contributed by atoms with Gasteiger partial charge in [0.1, 0.15) is 0 Å². The van der Waals surface area contributed by atoms with Gasteiger partial charge in [0.05, 0.1) is 11.3 Å². The summed E-state index contributed by atoms with van der Waals surface area (Å²) in [7, 11) is 0. The highest BCUT2D eigenvalue weighted by Gasteiger charge is 2.31. The minimum absolute atomic E-state index is 0.0389. The minimum Gasteiger partial charge on any atom is -0.333 e. The van der Waals surface area contributed by atoms with Crippen LogP contribution in [-0.4, -0.2) is 28.8 Å². The minimum atomic E-state index is 0.0389. The van der Waals surface area contributed by atoms with Crippen molar-refractivity contribution in [3.05, 3.63) is 29.8 Å². The molecule has 2 amide bonds. The molecule has 4 heteroatoms. The number of hydrogen-bond donors (Lipinski definition) is 1. The molecule has 2 atom stereocenters. The van der Waals surface area contributed by atoms with E-state index >= 15 is 0 Å². The summed E-state index contributed by atoms with van der Waals surface area (Å²) in [6.07, 6.45) is 7.44. The maximum Gasteiger partial charge on any atom is 0.256 e. The van der Waals surface area contributed by atoms with E-state index in [9.17, 15) is 9.59 Å². The summed E-state index contributed by atoms with van der Waals surface area (Å²) < 4.78 is 0. The van der Waals surface area contributed by atoms with Gasteiger partial charge in [0, 0.05) is 18.0 Å². The average molecular weight is 328 g/mol. The van der Waals surface area contributed by atoms with E-state index in [0.29, 0.717) is 11.3 Å². The van der Waals surface area contributed by atoms with Gasteiger partial charge in [-0.05, 0) is 58.1 Å². The highest BCUT2D eigenvalue weighted by Crippen LogP contribution is 2.29. The van der Waals surface area contributed by atoms with Crippen LogP contribution in [0.15, 0.2) is 24.3 Å². The molecule has 24 heavy (non-hydrogen) atoms. The lowest BCUT2D eigenvalue weighted by molar-refractivity contribution is -0.119. The van der Waals surface area contributed by atoms with E-state index in [1.165, 1.54) is 6.42 Å². The van der Waals surface area contributed by atoms with Gasteiger partial charge in [-0.1, -0.05) is 25.0 Å². The van der Waals surface area contributed by atoms with E-state index in [1.54, 1.807) is 0 Å². The van der Waals surface area contributed by atoms with Crippen molar-refractivity contribution in [2.75, 3.05) is 5.32 Å². The Morgan fingerprint density at radius 2 is 1.58 bits per heavy atom. The first-order chi connectivity index (χ1) is 11.6. The topological polar surface area (TPSA) is 49.4 Å². The van der Waals surface area contributed by atoms with Crippen molar-refractivity contribution < 1.29 is 9.59 Å². The second-order valence-corrected chi connectivity index (χ2v) is 7.36. The molecule has 1 aliphatic heterocycles. The maximum absolute atomic E-state index is 13.1. The molecule has 2 fully saturated rings. The van der Waals surface area contributed by atoms with Gasteiger partial charge in [-0.25, -0.2) is 0 Å². The van der Waals surface area contributed by atoms with Crippen LogP contribution in [0.4, 0.5) is 5.69 Å². The second-order valence-electron chi connectivity index (χ2n) is 7.36. The number of hydrogen-bond acceptors (Lipinski definition) is 2. The molecule has 0 bridgehead atoms. The van der Waals surface area contributed by atoms with Gasteiger partial charge < -0.3 is 10.2 Å². The van der Waals surface area contributed by atoms with E-state index in [2.05, 4.69) is 19.2 Å². The number of amides is 2. The zero-order chi connectivity index (χ0) is 17.1. The summed E-state index contributed by atoms with van der Waals surface area (Å²) in [5.41, 5.74) is 1.27. The maximum atomic E-state index is 13.1. The summed E-state index contributed by atoms with van der Waals surface area (Å²) >= 11 is 0. The summed E-state index contributed by atoms with van der Waals surface area (Å²) in [6.45, 7) is 4.24. The lowest BCUT2D eigenvalue weighted by Gasteiger charge is -2.39. The third kappa shape index (κ3) is 3.47. The highest BCUT2D eigenvalue weighted by atomic mass is 16.2. The van der Waals surface area contributed by atoms with Crippen LogP contribution in [0, 0.1) is 5.92 Å². The molecule has 3 rings (SSSR count). The molecule has 4 nitrogen and oxygen atoms in total. The van der Waals surface area contributed by atoms with E-state index in [-0.39, 0.29) is 29.8 Å². The number of nitrogens with one attached hydrogen (secondary N) is 1. The molecule has 1 aromatic rings. The van der Waals surface area contributed by atoms with Crippen molar-refractivity contribution in [3.63, 3.8) is 0 Å². The fourth-order valence-corrected chi connectivity index (χ4v) is 4.16. The lowest BCUT2D eigenvalue weighted by atomic mass is 9.96. The standard InChI is InChI=1S/C20H28N2O2/c1-14-8-7-9-15(2)22(14)20(24)17-12-5-6-13-18(17)21-19(23)16-10-3-4-11-16/h5-6,12-16H,3-4,7-11H2,1-2H3,(H,21,23). The number of piperidine rings is 1. The van der Waals surface area contributed by atoms with Crippen molar-refractivity contribution in [3.8, 4) is 0 Å². The molecule has 0 spiro atoms. The van der Waals surface area contributed by atoms with Crippen molar-refractivity contribution in [1.82, 2.24) is 4.90 Å². The van der Waals surface area contributed by atoms with Gasteiger partial charge in [0.25, 0.3) is 5.91 Å². The molecular formula is C20H28N2O2. The lowest BCUT2D eigenvalue weighted by Crippen LogP contribution is -2.47. The first kappa shape index (κ1) is 17.0. The Bertz CT molecular complexity index is 597. The van der Waals surface area contributed by atoms with Crippen LogP contribution in [0.25, 0.3) is 0 Å². The van der Waals surface area contributed by atoms with Crippen LogP contribution in [0.5, 0.6) is 0 Å². The molecule has 130 valence electrons. The summed E-state index contributed by atoms with van der Waals surface area (Å²) in [5, 5.41) is 3.02.